The highest BCUT2D eigenvalue weighted by atomic mass is 32.2. The van der Waals surface area contributed by atoms with Crippen molar-refractivity contribution in [2.24, 2.45) is 0 Å². The third kappa shape index (κ3) is 5.69. The molecule has 0 unspecified atom stereocenters. The SMILES string of the molecule is CC(=O)NSC[C@@H]1CN(c2ccc(N3CCC(C#N)(Nc4ccc(F)c(F)c4F)CC3)c(F)c2)C(=O)O1. The van der Waals surface area contributed by atoms with E-state index in [2.05, 4.69) is 16.1 Å². The first-order chi connectivity index (χ1) is 17.6. The molecule has 4 rings (SSSR count). The first-order valence-corrected chi connectivity index (χ1v) is 12.3. The highest BCUT2D eigenvalue weighted by molar-refractivity contribution is 7.97. The van der Waals surface area contributed by atoms with Crippen molar-refractivity contribution in [1.29, 1.82) is 5.26 Å². The maximum Gasteiger partial charge on any atom is 0.414 e. The Morgan fingerprint density at radius 1 is 1.16 bits per heavy atom. The summed E-state index contributed by atoms with van der Waals surface area (Å²) in [7, 11) is 0. The number of amides is 2. The van der Waals surface area contributed by atoms with Gasteiger partial charge in [0.15, 0.2) is 17.5 Å². The Morgan fingerprint density at radius 3 is 2.54 bits per heavy atom. The number of benzene rings is 2. The lowest BCUT2D eigenvalue weighted by Gasteiger charge is -2.39. The quantitative estimate of drug-likeness (QED) is 0.308. The normalized spacial score (nSPS) is 18.8. The van der Waals surface area contributed by atoms with Crippen LogP contribution in [0.5, 0.6) is 0 Å². The summed E-state index contributed by atoms with van der Waals surface area (Å²) in [6, 6.07) is 8.24. The van der Waals surface area contributed by atoms with E-state index in [4.69, 9.17) is 4.74 Å². The third-order valence-electron chi connectivity index (χ3n) is 6.18. The number of piperidine rings is 1. The van der Waals surface area contributed by atoms with Gasteiger partial charge in [0.2, 0.25) is 5.91 Å². The molecule has 13 heteroatoms. The van der Waals surface area contributed by atoms with E-state index in [9.17, 15) is 28.0 Å². The molecule has 8 nitrogen and oxygen atoms in total. The van der Waals surface area contributed by atoms with Crippen LogP contribution in [0.2, 0.25) is 0 Å². The molecule has 2 aromatic rings. The molecular weight excluding hydrogens is 514 g/mol. The Hall–Kier alpha value is -3.66. The number of ether oxygens (including phenoxy) is 1. The van der Waals surface area contributed by atoms with Gasteiger partial charge < -0.3 is 19.7 Å². The molecule has 196 valence electrons. The van der Waals surface area contributed by atoms with E-state index in [1.165, 1.54) is 24.0 Å². The Kier molecular flexibility index (Phi) is 7.68. The van der Waals surface area contributed by atoms with Crippen molar-refractivity contribution < 1.29 is 31.9 Å². The number of cyclic esters (lactones) is 1. The summed E-state index contributed by atoms with van der Waals surface area (Å²) < 4.78 is 63.9. The van der Waals surface area contributed by atoms with Gasteiger partial charge in [-0.1, -0.05) is 0 Å². The largest absolute Gasteiger partial charge is 0.443 e. The van der Waals surface area contributed by atoms with Crippen molar-refractivity contribution in [1.82, 2.24) is 4.72 Å². The van der Waals surface area contributed by atoms with E-state index >= 15 is 4.39 Å². The summed E-state index contributed by atoms with van der Waals surface area (Å²) in [5.41, 5.74) is -0.991. The highest BCUT2D eigenvalue weighted by Gasteiger charge is 2.37. The number of nitrogens with zero attached hydrogens (tertiary/aromatic N) is 3. The first kappa shape index (κ1) is 26.4. The molecule has 0 aromatic heterocycles. The maximum absolute atomic E-state index is 15.1. The monoisotopic (exact) mass is 537 g/mol. The van der Waals surface area contributed by atoms with Gasteiger partial charge in [-0.15, -0.1) is 0 Å². The molecule has 2 N–H and O–H groups in total. The van der Waals surface area contributed by atoms with Crippen LogP contribution in [0.15, 0.2) is 30.3 Å². The van der Waals surface area contributed by atoms with Crippen molar-refractivity contribution >= 4 is 41.0 Å². The van der Waals surface area contributed by atoms with Crippen molar-refractivity contribution in [3.8, 4) is 6.07 Å². The standard InChI is InChI=1S/C24H23F4N5O3S/c1-14(34)31-37-12-16-11-33(23(35)36-16)15-2-5-20(18(26)10-15)32-8-6-24(13-29,7-9-32)30-19-4-3-17(25)21(27)22(19)28/h2-5,10,16,30H,6-9,11-12H2,1H3,(H,31,34)/t16-/m0/s1. The van der Waals surface area contributed by atoms with Gasteiger partial charge >= 0.3 is 6.09 Å². The Morgan fingerprint density at radius 2 is 1.89 bits per heavy atom. The maximum atomic E-state index is 15.1. The minimum absolute atomic E-state index is 0.162. The number of nitriles is 1. The lowest BCUT2D eigenvalue weighted by Crippen LogP contribution is -2.48. The van der Waals surface area contributed by atoms with E-state index in [1.807, 2.05) is 0 Å². The van der Waals surface area contributed by atoms with Crippen LogP contribution in [0.3, 0.4) is 0 Å². The van der Waals surface area contributed by atoms with E-state index in [1.54, 1.807) is 11.0 Å². The molecule has 1 atom stereocenters. The molecule has 0 bridgehead atoms. The molecule has 2 aromatic carbocycles. The van der Waals surface area contributed by atoms with Gasteiger partial charge in [-0.3, -0.25) is 9.69 Å². The van der Waals surface area contributed by atoms with E-state index < -0.39 is 41.0 Å². The average molecular weight is 538 g/mol. The number of nitrogens with one attached hydrogen (secondary N) is 2. The molecule has 2 aliphatic heterocycles. The van der Waals surface area contributed by atoms with Crippen LogP contribution in [-0.4, -0.2) is 49.0 Å². The fourth-order valence-corrected chi connectivity index (χ4v) is 4.90. The van der Waals surface area contributed by atoms with Crippen LogP contribution in [0.1, 0.15) is 19.8 Å². The molecule has 2 fully saturated rings. The number of carbonyl (C=O) groups is 2. The average Bonchev–Trinajstić information content (AvgIpc) is 3.25. The lowest BCUT2D eigenvalue weighted by atomic mass is 9.88. The van der Waals surface area contributed by atoms with Crippen LogP contribution >= 0.6 is 11.9 Å². The highest BCUT2D eigenvalue weighted by Crippen LogP contribution is 2.34. The minimum atomic E-state index is -1.63. The number of hydrogen-bond acceptors (Lipinski definition) is 7. The summed E-state index contributed by atoms with van der Waals surface area (Å²) >= 11 is 1.12. The fraction of sp³-hybridized carbons (Fsp3) is 0.375. The van der Waals surface area contributed by atoms with Crippen molar-refractivity contribution in [2.75, 3.05) is 40.5 Å². The predicted molar refractivity (Wildman–Crippen MR) is 130 cm³/mol. The van der Waals surface area contributed by atoms with Gasteiger partial charge in [0, 0.05) is 32.9 Å². The second-order valence-electron chi connectivity index (χ2n) is 8.75. The number of hydrogen-bond donors (Lipinski definition) is 2. The molecule has 0 aliphatic carbocycles. The van der Waals surface area contributed by atoms with E-state index in [-0.39, 0.29) is 49.8 Å². The molecule has 0 radical (unpaired) electrons. The zero-order valence-electron chi connectivity index (χ0n) is 19.7. The van der Waals surface area contributed by atoms with Crippen LogP contribution in [0, 0.1) is 34.6 Å². The van der Waals surface area contributed by atoms with Crippen LogP contribution in [0.25, 0.3) is 0 Å². The Bertz CT molecular complexity index is 1250. The number of carbonyl (C=O) groups excluding carboxylic acids is 2. The van der Waals surface area contributed by atoms with Crippen LogP contribution in [-0.2, 0) is 9.53 Å². The molecule has 2 saturated heterocycles. The molecular formula is C24H23F4N5O3S. The summed E-state index contributed by atoms with van der Waals surface area (Å²) in [6.45, 7) is 2.04. The van der Waals surface area contributed by atoms with E-state index in [0.29, 0.717) is 11.4 Å². The third-order valence-corrected chi connectivity index (χ3v) is 7.15. The van der Waals surface area contributed by atoms with Gasteiger partial charge in [-0.25, -0.2) is 22.4 Å². The van der Waals surface area contributed by atoms with Gasteiger partial charge in [0.25, 0.3) is 0 Å². The van der Waals surface area contributed by atoms with E-state index in [0.717, 1.165) is 24.1 Å². The van der Waals surface area contributed by atoms with Gasteiger partial charge in [-0.2, -0.15) is 5.26 Å². The Labute approximate surface area is 214 Å². The van der Waals surface area contributed by atoms with Crippen LogP contribution < -0.4 is 19.8 Å². The summed E-state index contributed by atoms with van der Waals surface area (Å²) in [5.74, 6) is -4.82. The topological polar surface area (TPSA) is 97.7 Å². The zero-order valence-corrected chi connectivity index (χ0v) is 20.5. The summed E-state index contributed by atoms with van der Waals surface area (Å²) in [5, 5.41) is 12.4. The van der Waals surface area contributed by atoms with Gasteiger partial charge in [0.05, 0.1) is 35.4 Å². The van der Waals surface area contributed by atoms with Gasteiger partial charge in [-0.05, 0) is 42.3 Å². The number of halogens is 4. The van der Waals surface area contributed by atoms with Crippen molar-refractivity contribution in [2.45, 2.75) is 31.4 Å². The second-order valence-corrected chi connectivity index (χ2v) is 9.58. The lowest BCUT2D eigenvalue weighted by molar-refractivity contribution is -0.117. The number of anilines is 3. The van der Waals surface area contributed by atoms with Gasteiger partial charge in [0.1, 0.15) is 17.5 Å². The smallest absolute Gasteiger partial charge is 0.414 e. The molecule has 2 heterocycles. The summed E-state index contributed by atoms with van der Waals surface area (Å²) in [4.78, 5) is 26.3. The van der Waals surface area contributed by atoms with Crippen LogP contribution in [0.4, 0.5) is 39.4 Å². The summed E-state index contributed by atoms with van der Waals surface area (Å²) in [6.07, 6.45) is -0.766. The molecule has 2 aliphatic rings. The molecule has 37 heavy (non-hydrogen) atoms. The first-order valence-electron chi connectivity index (χ1n) is 11.4. The predicted octanol–water partition coefficient (Wildman–Crippen LogP) is 4.33. The Balaban J connectivity index is 1.40. The zero-order chi connectivity index (χ0) is 26.7. The second kappa shape index (κ2) is 10.8. The minimum Gasteiger partial charge on any atom is -0.443 e. The van der Waals surface area contributed by atoms with Crippen molar-refractivity contribution in [3.05, 3.63) is 53.6 Å². The molecule has 0 spiro atoms. The molecule has 0 saturated carbocycles. The fourth-order valence-electron chi connectivity index (χ4n) is 4.25. The molecule has 2 amide bonds. The number of rotatable bonds is 7. The van der Waals surface area contributed by atoms with Crippen molar-refractivity contribution in [3.63, 3.8) is 0 Å².